The number of carbonyl (C=O) groups excluding carboxylic acids is 3. The number of pyridine rings is 1. The highest BCUT2D eigenvalue weighted by Crippen LogP contribution is 2.33. The van der Waals surface area contributed by atoms with E-state index in [2.05, 4.69) is 40.6 Å². The molecule has 15 heteroatoms. The van der Waals surface area contributed by atoms with Gasteiger partial charge in [-0.25, -0.2) is 23.6 Å². The first-order valence-corrected chi connectivity index (χ1v) is 18.1. The topological polar surface area (TPSA) is 119 Å². The lowest BCUT2D eigenvalue weighted by atomic mass is 9.99. The molecule has 1 aromatic heterocycles. The number of piperazine rings is 1. The van der Waals surface area contributed by atoms with E-state index < -0.39 is 53.3 Å². The highest BCUT2D eigenvalue weighted by molar-refractivity contribution is 5.94. The summed E-state index contributed by atoms with van der Waals surface area (Å²) in [6.07, 6.45) is 2.41. The predicted molar refractivity (Wildman–Crippen MR) is 197 cm³/mol. The summed E-state index contributed by atoms with van der Waals surface area (Å²) in [6.45, 7) is 10.7. The number of carbonyl (C=O) groups is 3. The van der Waals surface area contributed by atoms with Crippen molar-refractivity contribution in [2.75, 3.05) is 57.8 Å². The van der Waals surface area contributed by atoms with Crippen molar-refractivity contribution in [2.24, 2.45) is 0 Å². The number of aromatic hydroxyl groups is 1. The Hall–Kier alpha value is -5.38. The second kappa shape index (κ2) is 15.5. The number of anilines is 1. The molecule has 4 amide bonds. The highest BCUT2D eigenvalue weighted by atomic mass is 19.1. The fraction of sp³-hybridized carbons (Fsp3) is 0.385. The zero-order valence-corrected chi connectivity index (χ0v) is 30.4. The van der Waals surface area contributed by atoms with E-state index >= 15 is 8.78 Å². The van der Waals surface area contributed by atoms with Crippen LogP contribution in [0.3, 0.4) is 0 Å². The molecule has 0 aliphatic carbocycles. The van der Waals surface area contributed by atoms with Crippen LogP contribution in [0, 0.1) is 11.6 Å². The lowest BCUT2D eigenvalue weighted by Gasteiger charge is -2.51. The highest BCUT2D eigenvalue weighted by Gasteiger charge is 2.48. The van der Waals surface area contributed by atoms with E-state index in [9.17, 15) is 19.5 Å². The number of nitrogens with zero attached hydrogens (tertiary/aromatic N) is 8. The molecule has 3 fully saturated rings. The molecule has 54 heavy (non-hydrogen) atoms. The first-order chi connectivity index (χ1) is 26.0. The van der Waals surface area contributed by atoms with Gasteiger partial charge in [-0.05, 0) is 31.7 Å². The molecule has 1 unspecified atom stereocenters. The van der Waals surface area contributed by atoms with Crippen LogP contribution in [0.25, 0.3) is 0 Å². The van der Waals surface area contributed by atoms with Gasteiger partial charge in [-0.1, -0.05) is 42.5 Å². The van der Waals surface area contributed by atoms with Gasteiger partial charge in [0.2, 0.25) is 5.91 Å². The van der Waals surface area contributed by atoms with Crippen molar-refractivity contribution in [2.45, 2.75) is 44.6 Å². The van der Waals surface area contributed by atoms with Gasteiger partial charge in [-0.3, -0.25) is 19.4 Å². The number of likely N-dealkylation sites (N-methyl/N-ethyl adjacent to an activating group) is 1. The minimum absolute atomic E-state index is 0.0332. The number of rotatable bonds is 10. The molecule has 13 nitrogen and oxygen atoms in total. The summed E-state index contributed by atoms with van der Waals surface area (Å²) >= 11 is 0. The molecular weight excluding hydrogens is 696 g/mol. The van der Waals surface area contributed by atoms with Crippen LogP contribution < -0.4 is 10.2 Å². The second-order valence-corrected chi connectivity index (χ2v) is 14.3. The zero-order chi connectivity index (χ0) is 38.1. The Kier molecular flexibility index (Phi) is 10.6. The number of nitrogens with one attached hydrogen (secondary N) is 1. The maximum Gasteiger partial charge on any atom is 0.338 e. The van der Waals surface area contributed by atoms with Crippen molar-refractivity contribution < 1.29 is 28.3 Å². The fourth-order valence-electron chi connectivity index (χ4n) is 7.74. The molecule has 0 saturated carbocycles. The van der Waals surface area contributed by atoms with Gasteiger partial charge in [-0.15, -0.1) is 6.58 Å². The summed E-state index contributed by atoms with van der Waals surface area (Å²) in [4.78, 5) is 56.7. The predicted octanol–water partition coefficient (Wildman–Crippen LogP) is 3.10. The monoisotopic (exact) mass is 741 g/mol. The van der Waals surface area contributed by atoms with Gasteiger partial charge < -0.3 is 25.1 Å². The van der Waals surface area contributed by atoms with E-state index in [0.29, 0.717) is 17.8 Å². The third-order valence-electron chi connectivity index (χ3n) is 10.5. The standard InChI is InChI=1S/C39H45F2N9O4/c1-4-13-47-25-37(52)49-34(18-31-32(40)16-30(51)17-33(31)41)38(53)46(24-36(49)50(47)39(54)42-19-27-9-6-5-7-10-27)21-28-11-8-12-35(43-28)45-22-29(23-45)48-15-14-44(3)20-26(48)2/h4-12,16-17,24,26,29,34,51H,1,13-15,18-23,25H2,2-3H3,(H,42,54)/t26?,34-/m0/s1. The van der Waals surface area contributed by atoms with Crippen LogP contribution >= 0.6 is 0 Å². The van der Waals surface area contributed by atoms with E-state index in [1.165, 1.54) is 21.1 Å². The fourth-order valence-corrected chi connectivity index (χ4v) is 7.74. The maximum atomic E-state index is 15.2. The number of hydrogen-bond acceptors (Lipinski definition) is 9. The summed E-state index contributed by atoms with van der Waals surface area (Å²) in [6, 6.07) is 15.3. The van der Waals surface area contributed by atoms with Gasteiger partial charge in [-0.2, -0.15) is 5.01 Å². The van der Waals surface area contributed by atoms with Crippen LogP contribution in [0.5, 0.6) is 5.75 Å². The Morgan fingerprint density at radius 2 is 1.78 bits per heavy atom. The molecule has 3 saturated heterocycles. The molecule has 2 N–H and O–H groups in total. The SMILES string of the molecule is C=CCN1CC(=O)N2C(=CN(Cc3cccc(N4CC(N5CCN(C)CC5C)C4)n3)C(=O)[C@@H]2Cc2c(F)cc(O)cc2F)N1C(=O)NCc1ccccc1. The number of halogens is 2. The van der Waals surface area contributed by atoms with Crippen LogP contribution in [0.2, 0.25) is 0 Å². The van der Waals surface area contributed by atoms with E-state index in [1.807, 2.05) is 42.5 Å². The average Bonchev–Trinajstić information content (AvgIpc) is 3.11. The quantitative estimate of drug-likeness (QED) is 0.303. The van der Waals surface area contributed by atoms with Gasteiger partial charge in [0, 0.05) is 82.0 Å². The lowest BCUT2D eigenvalue weighted by molar-refractivity contribution is -0.157. The first kappa shape index (κ1) is 37.0. The third kappa shape index (κ3) is 7.52. The van der Waals surface area contributed by atoms with Crippen molar-refractivity contribution in [1.29, 1.82) is 0 Å². The molecule has 0 bridgehead atoms. The number of benzene rings is 2. The van der Waals surface area contributed by atoms with Crippen molar-refractivity contribution in [3.8, 4) is 5.75 Å². The number of amides is 4. The Labute approximate surface area is 313 Å². The van der Waals surface area contributed by atoms with Crippen molar-refractivity contribution in [3.05, 3.63) is 114 Å². The third-order valence-corrected chi connectivity index (χ3v) is 10.5. The van der Waals surface area contributed by atoms with Crippen LogP contribution in [-0.2, 0) is 29.1 Å². The second-order valence-electron chi connectivity index (χ2n) is 14.3. The number of fused-ring (bicyclic) bond motifs is 1. The smallest absolute Gasteiger partial charge is 0.338 e. The van der Waals surface area contributed by atoms with Crippen molar-refractivity contribution >= 4 is 23.7 Å². The van der Waals surface area contributed by atoms with Gasteiger partial charge in [0.05, 0.1) is 25.0 Å². The molecule has 5 heterocycles. The van der Waals surface area contributed by atoms with Crippen molar-refractivity contribution in [1.82, 2.24) is 39.9 Å². The summed E-state index contributed by atoms with van der Waals surface area (Å²) < 4.78 is 30.4. The van der Waals surface area contributed by atoms with Crippen molar-refractivity contribution in [3.63, 3.8) is 0 Å². The lowest BCUT2D eigenvalue weighted by Crippen LogP contribution is -2.67. The van der Waals surface area contributed by atoms with E-state index in [0.717, 1.165) is 61.1 Å². The molecule has 0 spiro atoms. The van der Waals surface area contributed by atoms with Gasteiger partial charge in [0.1, 0.15) is 29.2 Å². The van der Waals surface area contributed by atoms with Crippen LogP contribution in [0.15, 0.2) is 85.3 Å². The summed E-state index contributed by atoms with van der Waals surface area (Å²) in [5.41, 5.74) is 0.915. The average molecular weight is 742 g/mol. The number of phenolic OH excluding ortho intramolecular Hbond substituents is 1. The Balaban J connectivity index is 1.19. The van der Waals surface area contributed by atoms with Crippen LogP contribution in [0.4, 0.5) is 19.4 Å². The molecule has 2 atom stereocenters. The van der Waals surface area contributed by atoms with Crippen LogP contribution in [-0.4, -0.2) is 129 Å². The normalized spacial score (nSPS) is 21.5. The Morgan fingerprint density at radius 3 is 2.48 bits per heavy atom. The molecule has 284 valence electrons. The summed E-state index contributed by atoms with van der Waals surface area (Å²) in [5, 5.41) is 15.4. The molecule has 0 radical (unpaired) electrons. The molecular formula is C39H45F2N9O4. The summed E-state index contributed by atoms with van der Waals surface area (Å²) in [5.74, 6) is -3.10. The number of hydrogen-bond donors (Lipinski definition) is 2. The molecule has 3 aromatic rings. The molecule has 4 aliphatic heterocycles. The number of hydrazine groups is 1. The first-order valence-electron chi connectivity index (χ1n) is 18.1. The molecule has 7 rings (SSSR count). The van der Waals surface area contributed by atoms with Gasteiger partial charge in [0.25, 0.3) is 5.91 Å². The zero-order valence-electron chi connectivity index (χ0n) is 30.4. The minimum atomic E-state index is -1.42. The van der Waals surface area contributed by atoms with Crippen LogP contribution in [0.1, 0.15) is 23.7 Å². The maximum absolute atomic E-state index is 15.2. The largest absolute Gasteiger partial charge is 0.508 e. The Bertz CT molecular complexity index is 1920. The summed E-state index contributed by atoms with van der Waals surface area (Å²) in [7, 11) is 2.14. The van der Waals surface area contributed by atoms with E-state index in [4.69, 9.17) is 4.98 Å². The number of aromatic nitrogens is 1. The molecule has 4 aliphatic rings. The van der Waals surface area contributed by atoms with E-state index in [1.54, 1.807) is 12.1 Å². The Morgan fingerprint density at radius 1 is 1.04 bits per heavy atom. The number of phenols is 1. The van der Waals surface area contributed by atoms with Gasteiger partial charge >= 0.3 is 6.03 Å². The minimum Gasteiger partial charge on any atom is -0.508 e. The van der Waals surface area contributed by atoms with Gasteiger partial charge in [0.15, 0.2) is 5.82 Å². The molecule has 2 aromatic carbocycles. The van der Waals surface area contributed by atoms with E-state index in [-0.39, 0.29) is 32.0 Å². The number of urea groups is 1.